The number of nitrogens with one attached hydrogen (secondary N) is 1. The highest BCUT2D eigenvalue weighted by Crippen LogP contribution is 2.23. The van der Waals surface area contributed by atoms with Crippen LogP contribution >= 0.6 is 0 Å². The largest absolute Gasteiger partial charge is 0.459 e. The number of amides is 1. The molecular weight excluding hydrogens is 166 g/mol. The number of carbonyl (C=O) groups is 1. The average Bonchev–Trinajstić information content (AvgIpc) is 2.63. The summed E-state index contributed by atoms with van der Waals surface area (Å²) in [5, 5.41) is 2.51. The van der Waals surface area contributed by atoms with E-state index in [1.807, 2.05) is 18.2 Å². The van der Waals surface area contributed by atoms with Crippen molar-refractivity contribution < 1.29 is 9.21 Å². The maximum absolute atomic E-state index is 11.2. The first-order valence-electron chi connectivity index (χ1n) is 4.00. The Morgan fingerprint density at radius 3 is 2.92 bits per heavy atom. The van der Waals surface area contributed by atoms with Gasteiger partial charge in [0.05, 0.1) is 6.26 Å². The van der Waals surface area contributed by atoms with Crippen LogP contribution in [0.1, 0.15) is 10.6 Å². The lowest BCUT2D eigenvalue weighted by Gasteiger charge is -2.01. The Kier molecular flexibility index (Phi) is 1.77. The molecule has 13 heavy (non-hydrogen) atoms. The van der Waals surface area contributed by atoms with Gasteiger partial charge in [0.1, 0.15) is 0 Å². The zero-order chi connectivity index (χ0) is 9.26. The Labute approximate surface area is 75.7 Å². The van der Waals surface area contributed by atoms with Crippen molar-refractivity contribution in [2.75, 3.05) is 7.05 Å². The summed E-state index contributed by atoms with van der Waals surface area (Å²) in [6.45, 7) is 0. The summed E-state index contributed by atoms with van der Waals surface area (Å²) < 4.78 is 5.14. The van der Waals surface area contributed by atoms with E-state index < -0.39 is 0 Å². The van der Waals surface area contributed by atoms with Gasteiger partial charge in [-0.1, -0.05) is 18.2 Å². The molecule has 2 rings (SSSR count). The van der Waals surface area contributed by atoms with E-state index in [1.165, 1.54) is 0 Å². The van der Waals surface area contributed by atoms with Gasteiger partial charge < -0.3 is 9.73 Å². The molecular formula is C10H9NO2. The second kappa shape index (κ2) is 2.94. The summed E-state index contributed by atoms with van der Waals surface area (Å²) in [7, 11) is 1.58. The van der Waals surface area contributed by atoms with E-state index in [4.69, 9.17) is 4.42 Å². The fourth-order valence-corrected chi connectivity index (χ4v) is 1.23. The molecule has 0 saturated carbocycles. The molecule has 3 heteroatoms. The predicted molar refractivity (Wildman–Crippen MR) is 48.7 cm³/mol. The molecule has 0 unspecified atom stereocenters. The molecule has 3 nitrogen and oxygen atoms in total. The van der Waals surface area contributed by atoms with Gasteiger partial charge in [0.25, 0.3) is 5.91 Å². The van der Waals surface area contributed by atoms with E-state index >= 15 is 0 Å². The van der Waals surface area contributed by atoms with Crippen molar-refractivity contribution in [2.45, 2.75) is 0 Å². The van der Waals surface area contributed by atoms with Crippen molar-refractivity contribution in [3.8, 4) is 11.1 Å². The van der Waals surface area contributed by atoms with Crippen molar-refractivity contribution >= 4 is 5.91 Å². The lowest BCUT2D eigenvalue weighted by atomic mass is 10.2. The predicted octanol–water partition coefficient (Wildman–Crippen LogP) is 1.74. The number of rotatable bonds is 1. The van der Waals surface area contributed by atoms with Crippen molar-refractivity contribution in [2.24, 2.45) is 0 Å². The van der Waals surface area contributed by atoms with Crippen molar-refractivity contribution in [3.63, 3.8) is 0 Å². The fourth-order valence-electron chi connectivity index (χ4n) is 1.23. The molecule has 0 radical (unpaired) electrons. The first kappa shape index (κ1) is 7.86. The maximum Gasteiger partial charge on any atom is 0.286 e. The van der Waals surface area contributed by atoms with Gasteiger partial charge in [0, 0.05) is 12.6 Å². The second-order valence-electron chi connectivity index (χ2n) is 2.76. The Bertz CT molecular complexity index is 405. The minimum atomic E-state index is -0.205. The van der Waals surface area contributed by atoms with Crippen LogP contribution in [-0.4, -0.2) is 13.0 Å². The maximum atomic E-state index is 11.2. The van der Waals surface area contributed by atoms with Crippen LogP contribution in [0.4, 0.5) is 0 Å². The van der Waals surface area contributed by atoms with E-state index in [2.05, 4.69) is 5.32 Å². The minimum Gasteiger partial charge on any atom is -0.459 e. The summed E-state index contributed by atoms with van der Waals surface area (Å²) in [4.78, 5) is 11.2. The number of hydrogen-bond donors (Lipinski definition) is 1. The van der Waals surface area contributed by atoms with Crippen LogP contribution < -0.4 is 5.32 Å². The summed E-state index contributed by atoms with van der Waals surface area (Å²) in [5.41, 5.74) is 2.03. The van der Waals surface area contributed by atoms with Crippen LogP contribution in [0.3, 0.4) is 0 Å². The third-order valence-corrected chi connectivity index (χ3v) is 1.94. The zero-order valence-corrected chi connectivity index (χ0v) is 7.20. The molecule has 1 amide bonds. The summed E-state index contributed by atoms with van der Waals surface area (Å²) in [6.07, 6.45) is 1.58. The minimum absolute atomic E-state index is 0.205. The van der Waals surface area contributed by atoms with Crippen LogP contribution in [-0.2, 0) is 0 Å². The Morgan fingerprint density at radius 1 is 1.38 bits per heavy atom. The molecule has 0 aromatic rings. The fraction of sp³-hybridized carbons (Fsp3) is 0.100. The van der Waals surface area contributed by atoms with Crippen molar-refractivity contribution in [3.05, 3.63) is 36.3 Å². The molecule has 0 aromatic heterocycles. The van der Waals surface area contributed by atoms with Crippen LogP contribution in [0, 0.1) is 0 Å². The molecule has 0 atom stereocenters. The topological polar surface area (TPSA) is 42.2 Å². The van der Waals surface area contributed by atoms with Crippen molar-refractivity contribution in [1.29, 1.82) is 0 Å². The van der Waals surface area contributed by atoms with E-state index in [0.29, 0.717) is 5.76 Å². The summed E-state index contributed by atoms with van der Waals surface area (Å²) in [5.74, 6) is 0.129. The Morgan fingerprint density at radius 2 is 2.15 bits per heavy atom. The standard InChI is InChI=1S/C10H9NO2/c1-11-10(12)9-5-7-3-2-4-8(7)6-13-9/h2-6H,1H3,(H,11,12). The second-order valence-corrected chi connectivity index (χ2v) is 2.76. The molecule has 0 fully saturated rings. The normalized spacial score (nSPS) is 10.2. The van der Waals surface area contributed by atoms with Gasteiger partial charge in [0.15, 0.2) is 5.76 Å². The first-order valence-corrected chi connectivity index (χ1v) is 4.00. The van der Waals surface area contributed by atoms with Crippen LogP contribution in [0.5, 0.6) is 0 Å². The molecule has 66 valence electrons. The van der Waals surface area contributed by atoms with Gasteiger partial charge in [-0.3, -0.25) is 4.79 Å². The lowest BCUT2D eigenvalue weighted by Crippen LogP contribution is -2.17. The molecule has 0 spiro atoms. The highest BCUT2D eigenvalue weighted by Gasteiger charge is 2.09. The molecule has 0 saturated heterocycles. The molecule has 1 aliphatic carbocycles. The quantitative estimate of drug-likeness (QED) is 0.717. The Balaban J connectivity index is 2.49. The third kappa shape index (κ3) is 1.28. The number of hydrogen-bond acceptors (Lipinski definition) is 2. The average molecular weight is 175 g/mol. The van der Waals surface area contributed by atoms with Gasteiger partial charge in [-0.15, -0.1) is 0 Å². The van der Waals surface area contributed by atoms with E-state index in [0.717, 1.165) is 11.1 Å². The Hall–Kier alpha value is -1.77. The van der Waals surface area contributed by atoms with Gasteiger partial charge >= 0.3 is 0 Å². The highest BCUT2D eigenvalue weighted by molar-refractivity contribution is 5.92. The smallest absolute Gasteiger partial charge is 0.286 e. The molecule has 2 aliphatic rings. The number of fused-ring (bicyclic) bond motifs is 1. The van der Waals surface area contributed by atoms with E-state index in [-0.39, 0.29) is 5.91 Å². The SMILES string of the molecule is CNC(=O)c1cc2cccc-2co1. The third-order valence-electron chi connectivity index (χ3n) is 1.94. The van der Waals surface area contributed by atoms with E-state index in [9.17, 15) is 4.79 Å². The summed E-state index contributed by atoms with van der Waals surface area (Å²) >= 11 is 0. The molecule has 1 aliphatic heterocycles. The molecule has 0 bridgehead atoms. The van der Waals surface area contributed by atoms with Gasteiger partial charge in [-0.05, 0) is 11.6 Å². The zero-order valence-electron chi connectivity index (χ0n) is 7.20. The molecule has 0 aromatic carbocycles. The number of carbonyl (C=O) groups excluding carboxylic acids is 1. The lowest BCUT2D eigenvalue weighted by molar-refractivity contribution is 0.0933. The monoisotopic (exact) mass is 175 g/mol. The first-order chi connectivity index (χ1) is 6.31. The van der Waals surface area contributed by atoms with E-state index in [1.54, 1.807) is 19.4 Å². The van der Waals surface area contributed by atoms with Gasteiger partial charge in [-0.2, -0.15) is 0 Å². The van der Waals surface area contributed by atoms with Crippen LogP contribution in [0.15, 0.2) is 34.9 Å². The van der Waals surface area contributed by atoms with Crippen LogP contribution in [0.2, 0.25) is 0 Å². The molecule has 1 N–H and O–H groups in total. The molecule has 1 heterocycles. The van der Waals surface area contributed by atoms with Crippen molar-refractivity contribution in [1.82, 2.24) is 5.32 Å². The highest BCUT2D eigenvalue weighted by atomic mass is 16.3. The van der Waals surface area contributed by atoms with Crippen LogP contribution in [0.25, 0.3) is 11.1 Å². The van der Waals surface area contributed by atoms with Gasteiger partial charge in [0.2, 0.25) is 0 Å². The summed E-state index contributed by atoms with van der Waals surface area (Å²) in [6, 6.07) is 7.53. The van der Waals surface area contributed by atoms with Gasteiger partial charge in [-0.25, -0.2) is 0 Å².